The molecule has 0 N–H and O–H groups in total. The maximum absolute atomic E-state index is 12.4. The second kappa shape index (κ2) is 13.7. The number of rotatable bonds is 11. The van der Waals surface area contributed by atoms with E-state index in [0.717, 1.165) is 16.7 Å². The van der Waals surface area contributed by atoms with Gasteiger partial charge in [-0.15, -0.1) is 0 Å². The molecule has 0 amide bonds. The second-order valence-electron chi connectivity index (χ2n) is 8.86. The first kappa shape index (κ1) is 26.6. The van der Waals surface area contributed by atoms with Crippen LogP contribution in [0.25, 0.3) is 0 Å². The van der Waals surface area contributed by atoms with Crippen molar-refractivity contribution >= 4 is 5.97 Å². The van der Waals surface area contributed by atoms with Crippen LogP contribution in [0, 0.1) is 0 Å². The minimum atomic E-state index is -0.676. The molecule has 0 bridgehead atoms. The van der Waals surface area contributed by atoms with Gasteiger partial charge in [-0.3, -0.25) is 0 Å². The molecule has 4 rings (SSSR count). The summed E-state index contributed by atoms with van der Waals surface area (Å²) >= 11 is 0. The van der Waals surface area contributed by atoms with Gasteiger partial charge >= 0.3 is 5.97 Å². The Morgan fingerprint density at radius 2 is 1.19 bits per heavy atom. The summed E-state index contributed by atoms with van der Waals surface area (Å²) in [5, 5.41) is 0. The average molecular weight is 503 g/mol. The number of benzene rings is 3. The lowest BCUT2D eigenvalue weighted by molar-refractivity contribution is -0.211. The molecule has 194 valence electrons. The van der Waals surface area contributed by atoms with Crippen molar-refractivity contribution < 1.29 is 28.5 Å². The van der Waals surface area contributed by atoms with Gasteiger partial charge in [0.2, 0.25) is 0 Å². The number of hydrogen-bond acceptors (Lipinski definition) is 6. The molecular weight excluding hydrogens is 468 g/mol. The fourth-order valence-electron chi connectivity index (χ4n) is 4.25. The van der Waals surface area contributed by atoms with E-state index in [9.17, 15) is 4.79 Å². The zero-order chi connectivity index (χ0) is 25.9. The first-order chi connectivity index (χ1) is 18.1. The van der Waals surface area contributed by atoms with Gasteiger partial charge in [0, 0.05) is 0 Å². The van der Waals surface area contributed by atoms with Crippen molar-refractivity contribution in [2.24, 2.45) is 0 Å². The lowest BCUT2D eigenvalue weighted by Crippen LogP contribution is -2.54. The predicted octanol–water partition coefficient (Wildman–Crippen LogP) is 5.61. The fourth-order valence-corrected chi connectivity index (χ4v) is 4.25. The van der Waals surface area contributed by atoms with Gasteiger partial charge in [0.05, 0.1) is 32.5 Å². The number of carbonyl (C=O) groups is 1. The summed E-state index contributed by atoms with van der Waals surface area (Å²) in [6.45, 7) is 5.03. The van der Waals surface area contributed by atoms with E-state index in [1.54, 1.807) is 6.92 Å². The molecule has 0 aliphatic carbocycles. The average Bonchev–Trinajstić information content (AvgIpc) is 2.92. The molecule has 3 aromatic rings. The van der Waals surface area contributed by atoms with Crippen LogP contribution < -0.4 is 0 Å². The molecule has 3 aromatic carbocycles. The summed E-state index contributed by atoms with van der Waals surface area (Å²) in [5.41, 5.74) is 3.08. The summed E-state index contributed by atoms with van der Waals surface area (Å²) in [5.74, 6) is -0.108. The number of hydrogen-bond donors (Lipinski definition) is 0. The van der Waals surface area contributed by atoms with E-state index < -0.39 is 24.3 Å². The molecule has 0 radical (unpaired) electrons. The van der Waals surface area contributed by atoms with E-state index in [4.69, 9.17) is 23.7 Å². The molecule has 6 heteroatoms. The molecule has 0 spiro atoms. The highest BCUT2D eigenvalue weighted by atomic mass is 16.6. The van der Waals surface area contributed by atoms with Crippen molar-refractivity contribution in [2.75, 3.05) is 6.61 Å². The van der Waals surface area contributed by atoms with Gasteiger partial charge in [-0.1, -0.05) is 91.0 Å². The third kappa shape index (κ3) is 7.76. The van der Waals surface area contributed by atoms with Gasteiger partial charge in [-0.05, 0) is 30.5 Å². The van der Waals surface area contributed by atoms with E-state index in [1.165, 1.54) is 6.08 Å². The maximum Gasteiger partial charge on any atom is 0.334 e. The van der Waals surface area contributed by atoms with E-state index in [1.807, 2.05) is 97.9 Å². The van der Waals surface area contributed by atoms with E-state index in [0.29, 0.717) is 25.6 Å². The topological polar surface area (TPSA) is 63.2 Å². The highest BCUT2D eigenvalue weighted by molar-refractivity contribution is 5.82. The first-order valence-electron chi connectivity index (χ1n) is 12.7. The first-order valence-corrected chi connectivity index (χ1v) is 12.7. The molecule has 6 nitrogen and oxygen atoms in total. The summed E-state index contributed by atoms with van der Waals surface area (Å²) in [6.07, 6.45) is -0.671. The Labute approximate surface area is 218 Å². The largest absolute Gasteiger partial charge is 0.489 e. The monoisotopic (exact) mass is 502 g/mol. The highest BCUT2D eigenvalue weighted by Crippen LogP contribution is 2.32. The smallest absolute Gasteiger partial charge is 0.334 e. The molecule has 1 heterocycles. The van der Waals surface area contributed by atoms with Crippen LogP contribution in [0.15, 0.2) is 103 Å². The molecule has 37 heavy (non-hydrogen) atoms. The Morgan fingerprint density at radius 1 is 0.730 bits per heavy atom. The summed E-state index contributed by atoms with van der Waals surface area (Å²) in [6, 6.07) is 29.8. The van der Waals surface area contributed by atoms with Gasteiger partial charge in [0.25, 0.3) is 0 Å². The maximum atomic E-state index is 12.4. The Morgan fingerprint density at radius 3 is 1.68 bits per heavy atom. The molecule has 0 unspecified atom stereocenters. The SMILES string of the molecule is CCOC(=O)/C=C1/O[C@H](C)[C@H](OCc2ccccc2)[C@H](OCc2ccccc2)[C@H]1OCc1ccccc1. The zero-order valence-corrected chi connectivity index (χ0v) is 21.3. The summed E-state index contributed by atoms with van der Waals surface area (Å²) in [4.78, 5) is 12.4. The third-order valence-electron chi connectivity index (χ3n) is 6.08. The van der Waals surface area contributed by atoms with Crippen LogP contribution in [-0.4, -0.2) is 37.0 Å². The van der Waals surface area contributed by atoms with Crippen LogP contribution in [0.4, 0.5) is 0 Å². The molecular formula is C31H34O6. The lowest BCUT2D eigenvalue weighted by atomic mass is 9.97. The number of esters is 1. The van der Waals surface area contributed by atoms with Crippen molar-refractivity contribution in [3.63, 3.8) is 0 Å². The van der Waals surface area contributed by atoms with E-state index >= 15 is 0 Å². The van der Waals surface area contributed by atoms with Crippen molar-refractivity contribution in [2.45, 2.75) is 58.1 Å². The number of carbonyl (C=O) groups excluding carboxylic acids is 1. The highest BCUT2D eigenvalue weighted by Gasteiger charge is 2.45. The number of ether oxygens (including phenoxy) is 5. The summed E-state index contributed by atoms with van der Waals surface area (Å²) in [7, 11) is 0. The van der Waals surface area contributed by atoms with Gasteiger partial charge in [-0.2, -0.15) is 0 Å². The Hall–Kier alpha value is -3.45. The van der Waals surface area contributed by atoms with Crippen molar-refractivity contribution in [3.05, 3.63) is 120 Å². The Kier molecular flexibility index (Phi) is 9.89. The lowest BCUT2D eigenvalue weighted by Gasteiger charge is -2.42. The standard InChI is InChI=1S/C31H34O6/c1-3-33-28(32)19-27-30(35-21-25-15-9-5-10-16-25)31(36-22-26-17-11-6-12-18-26)29(23(2)37-27)34-20-24-13-7-4-8-14-24/h4-19,23,29-31H,3,20-22H2,1-2H3/b27-19+/t23-,29+,30+,31+/m1/s1. The van der Waals surface area contributed by atoms with Crippen LogP contribution in [0.1, 0.15) is 30.5 Å². The third-order valence-corrected chi connectivity index (χ3v) is 6.08. The quantitative estimate of drug-likeness (QED) is 0.251. The van der Waals surface area contributed by atoms with E-state index in [2.05, 4.69) is 0 Å². The van der Waals surface area contributed by atoms with Crippen LogP contribution in [-0.2, 0) is 48.3 Å². The van der Waals surface area contributed by atoms with Gasteiger partial charge in [0.1, 0.15) is 30.2 Å². The minimum absolute atomic E-state index is 0.268. The van der Waals surface area contributed by atoms with Crippen LogP contribution in [0.2, 0.25) is 0 Å². The second-order valence-corrected chi connectivity index (χ2v) is 8.86. The van der Waals surface area contributed by atoms with Gasteiger partial charge in [-0.25, -0.2) is 4.79 Å². The Bertz CT molecular complexity index is 1120. The minimum Gasteiger partial charge on any atom is -0.489 e. The molecule has 4 atom stereocenters. The van der Waals surface area contributed by atoms with Gasteiger partial charge in [0.15, 0.2) is 0 Å². The Balaban J connectivity index is 1.62. The van der Waals surface area contributed by atoms with Gasteiger partial charge < -0.3 is 23.7 Å². The molecule has 1 aliphatic heterocycles. The molecule has 1 aliphatic rings. The van der Waals surface area contributed by atoms with E-state index in [-0.39, 0.29) is 12.7 Å². The molecule has 0 saturated carbocycles. The predicted molar refractivity (Wildman–Crippen MR) is 140 cm³/mol. The van der Waals surface area contributed by atoms with Crippen molar-refractivity contribution in [1.29, 1.82) is 0 Å². The summed E-state index contributed by atoms with van der Waals surface area (Å²) < 4.78 is 30.7. The normalized spacial score (nSPS) is 22.4. The van der Waals surface area contributed by atoms with Crippen molar-refractivity contribution in [1.82, 2.24) is 0 Å². The molecule has 1 fully saturated rings. The zero-order valence-electron chi connectivity index (χ0n) is 21.3. The van der Waals surface area contributed by atoms with Crippen molar-refractivity contribution in [3.8, 4) is 0 Å². The van der Waals surface area contributed by atoms with Crippen LogP contribution in [0.3, 0.4) is 0 Å². The van der Waals surface area contributed by atoms with Crippen LogP contribution >= 0.6 is 0 Å². The molecule has 1 saturated heterocycles. The fraction of sp³-hybridized carbons (Fsp3) is 0.323. The molecule has 0 aromatic heterocycles. The van der Waals surface area contributed by atoms with Crippen LogP contribution in [0.5, 0.6) is 0 Å².